The molecule has 1 unspecified atom stereocenters. The summed E-state index contributed by atoms with van der Waals surface area (Å²) in [6.45, 7) is 4.69. The van der Waals surface area contributed by atoms with E-state index in [0.717, 1.165) is 10.0 Å². The highest BCUT2D eigenvalue weighted by molar-refractivity contribution is 9.10. The number of hydrogen-bond donors (Lipinski definition) is 1. The minimum absolute atomic E-state index is 0.0183. The predicted molar refractivity (Wildman–Crippen MR) is 80.9 cm³/mol. The molecule has 1 heterocycles. The molecule has 1 aliphatic rings. The van der Waals surface area contributed by atoms with Crippen molar-refractivity contribution in [3.63, 3.8) is 0 Å². The number of hydrogen-bond acceptors (Lipinski definition) is 2. The van der Waals surface area contributed by atoms with Crippen molar-refractivity contribution < 1.29 is 9.59 Å². The highest BCUT2D eigenvalue weighted by Gasteiger charge is 2.34. The van der Waals surface area contributed by atoms with Crippen LogP contribution >= 0.6 is 15.9 Å². The molecule has 1 aromatic rings. The normalized spacial score (nSPS) is 19.4. The van der Waals surface area contributed by atoms with E-state index < -0.39 is 0 Å². The van der Waals surface area contributed by atoms with Gasteiger partial charge in [-0.25, -0.2) is 0 Å². The number of benzene rings is 1. The molecule has 4 nitrogen and oxygen atoms in total. The fourth-order valence-electron chi connectivity index (χ4n) is 2.41. The molecule has 1 aromatic carbocycles. The van der Waals surface area contributed by atoms with Crippen molar-refractivity contribution >= 4 is 27.7 Å². The Kier molecular flexibility index (Phi) is 4.81. The molecule has 2 amide bonds. The van der Waals surface area contributed by atoms with E-state index in [1.165, 1.54) is 0 Å². The van der Waals surface area contributed by atoms with Crippen LogP contribution in [0, 0.1) is 5.92 Å². The van der Waals surface area contributed by atoms with E-state index in [9.17, 15) is 9.59 Å². The van der Waals surface area contributed by atoms with Crippen LogP contribution in [0.2, 0.25) is 0 Å². The highest BCUT2D eigenvalue weighted by Crippen LogP contribution is 2.20. The van der Waals surface area contributed by atoms with Crippen molar-refractivity contribution in [3.05, 3.63) is 34.3 Å². The van der Waals surface area contributed by atoms with E-state index in [1.54, 1.807) is 4.90 Å². The number of amides is 2. The maximum atomic E-state index is 12.1. The lowest BCUT2D eigenvalue weighted by Gasteiger charge is -2.36. The van der Waals surface area contributed by atoms with E-state index >= 15 is 0 Å². The molecule has 0 bridgehead atoms. The lowest BCUT2D eigenvalue weighted by atomic mass is 9.99. The molecule has 1 saturated heterocycles. The number of halogens is 1. The zero-order valence-corrected chi connectivity index (χ0v) is 13.3. The zero-order valence-electron chi connectivity index (χ0n) is 11.7. The summed E-state index contributed by atoms with van der Waals surface area (Å²) in [7, 11) is 0. The van der Waals surface area contributed by atoms with E-state index in [1.807, 2.05) is 24.3 Å². The van der Waals surface area contributed by atoms with Crippen LogP contribution in [-0.2, 0) is 16.1 Å². The van der Waals surface area contributed by atoms with Crippen molar-refractivity contribution in [1.82, 2.24) is 10.2 Å². The quantitative estimate of drug-likeness (QED) is 0.915. The van der Waals surface area contributed by atoms with Crippen LogP contribution < -0.4 is 5.32 Å². The highest BCUT2D eigenvalue weighted by atomic mass is 79.9. The monoisotopic (exact) mass is 338 g/mol. The molecule has 20 heavy (non-hydrogen) atoms. The molecule has 2 rings (SSSR count). The van der Waals surface area contributed by atoms with Gasteiger partial charge in [-0.3, -0.25) is 9.59 Å². The number of nitrogens with one attached hydrogen (secondary N) is 1. The Morgan fingerprint density at radius 1 is 1.40 bits per heavy atom. The van der Waals surface area contributed by atoms with Crippen LogP contribution in [0.4, 0.5) is 0 Å². The summed E-state index contributed by atoms with van der Waals surface area (Å²) in [5, 5.41) is 2.67. The summed E-state index contributed by atoms with van der Waals surface area (Å²) >= 11 is 3.43. The molecule has 5 heteroatoms. The zero-order chi connectivity index (χ0) is 14.7. The smallest absolute Gasteiger partial charge is 0.243 e. The molecule has 0 aromatic heterocycles. The first kappa shape index (κ1) is 15.0. The van der Waals surface area contributed by atoms with Gasteiger partial charge in [0.1, 0.15) is 6.04 Å². The lowest BCUT2D eigenvalue weighted by Crippen LogP contribution is -2.58. The second-order valence-corrected chi connectivity index (χ2v) is 6.43. The van der Waals surface area contributed by atoms with Crippen LogP contribution in [0.5, 0.6) is 0 Å². The van der Waals surface area contributed by atoms with Gasteiger partial charge in [0.25, 0.3) is 0 Å². The second-order valence-electron chi connectivity index (χ2n) is 5.51. The summed E-state index contributed by atoms with van der Waals surface area (Å²) in [5.74, 6) is 0.296. The van der Waals surface area contributed by atoms with Crippen LogP contribution in [0.1, 0.15) is 25.8 Å². The number of piperazine rings is 1. The first-order valence-corrected chi connectivity index (χ1v) is 7.58. The van der Waals surface area contributed by atoms with Gasteiger partial charge in [-0.15, -0.1) is 0 Å². The van der Waals surface area contributed by atoms with Crippen molar-refractivity contribution in [2.24, 2.45) is 5.92 Å². The third kappa shape index (κ3) is 3.60. The average Bonchev–Trinajstić information content (AvgIpc) is 2.38. The number of carbonyl (C=O) groups is 2. The van der Waals surface area contributed by atoms with Gasteiger partial charge >= 0.3 is 0 Å². The Balaban J connectivity index is 2.19. The molecule has 0 spiro atoms. The summed E-state index contributed by atoms with van der Waals surface area (Å²) < 4.78 is 0.976. The van der Waals surface area contributed by atoms with Gasteiger partial charge < -0.3 is 10.2 Å². The van der Waals surface area contributed by atoms with Crippen molar-refractivity contribution in [2.75, 3.05) is 6.54 Å². The number of rotatable bonds is 4. The minimum atomic E-state index is -0.366. The van der Waals surface area contributed by atoms with Crippen molar-refractivity contribution in [1.29, 1.82) is 0 Å². The van der Waals surface area contributed by atoms with Gasteiger partial charge in [0.15, 0.2) is 0 Å². The standard InChI is InChI=1S/C15H19BrN2O2/c1-10(2)6-13-15(20)17-8-14(19)18(13)9-11-4-3-5-12(16)7-11/h3-5,7,10,13H,6,8-9H2,1-2H3,(H,17,20). The Morgan fingerprint density at radius 3 is 2.80 bits per heavy atom. The maximum absolute atomic E-state index is 12.1. The molecule has 108 valence electrons. The summed E-state index contributed by atoms with van der Waals surface area (Å²) in [6.07, 6.45) is 0.686. The molecule has 1 N–H and O–H groups in total. The van der Waals surface area contributed by atoms with Crippen LogP contribution in [0.3, 0.4) is 0 Å². The molecule has 0 aliphatic carbocycles. The molecule has 1 atom stereocenters. The SMILES string of the molecule is CC(C)CC1C(=O)NCC(=O)N1Cc1cccc(Br)c1. The van der Waals surface area contributed by atoms with E-state index in [2.05, 4.69) is 35.1 Å². The third-order valence-electron chi connectivity index (χ3n) is 3.35. The van der Waals surface area contributed by atoms with Gasteiger partial charge in [0, 0.05) is 11.0 Å². The minimum Gasteiger partial charge on any atom is -0.345 e. The Bertz CT molecular complexity index is 516. The van der Waals surface area contributed by atoms with Crippen LogP contribution in [0.15, 0.2) is 28.7 Å². The predicted octanol–water partition coefficient (Wildman–Crippen LogP) is 2.32. The maximum Gasteiger partial charge on any atom is 0.243 e. The number of carbonyl (C=O) groups excluding carboxylic acids is 2. The number of nitrogens with zero attached hydrogens (tertiary/aromatic N) is 1. The first-order chi connectivity index (χ1) is 9.47. The Morgan fingerprint density at radius 2 is 2.15 bits per heavy atom. The van der Waals surface area contributed by atoms with E-state index in [4.69, 9.17) is 0 Å². The second kappa shape index (κ2) is 6.39. The van der Waals surface area contributed by atoms with Gasteiger partial charge in [-0.05, 0) is 30.0 Å². The Hall–Kier alpha value is -1.36. The van der Waals surface area contributed by atoms with Gasteiger partial charge in [0.05, 0.1) is 6.54 Å². The molecule has 0 saturated carbocycles. The van der Waals surface area contributed by atoms with E-state index in [0.29, 0.717) is 18.9 Å². The van der Waals surface area contributed by atoms with Gasteiger partial charge in [-0.2, -0.15) is 0 Å². The molecule has 0 radical (unpaired) electrons. The Labute approximate surface area is 127 Å². The lowest BCUT2D eigenvalue weighted by molar-refractivity contribution is -0.146. The molecular formula is C15H19BrN2O2. The summed E-state index contributed by atoms with van der Waals surface area (Å²) in [4.78, 5) is 25.8. The van der Waals surface area contributed by atoms with E-state index in [-0.39, 0.29) is 24.4 Å². The van der Waals surface area contributed by atoms with Crippen molar-refractivity contribution in [3.8, 4) is 0 Å². The van der Waals surface area contributed by atoms with Gasteiger partial charge in [0.2, 0.25) is 11.8 Å². The van der Waals surface area contributed by atoms with Crippen molar-refractivity contribution in [2.45, 2.75) is 32.9 Å². The summed E-state index contributed by atoms with van der Waals surface area (Å²) in [5.41, 5.74) is 1.02. The van der Waals surface area contributed by atoms with Crippen LogP contribution in [-0.4, -0.2) is 29.3 Å². The fourth-order valence-corrected chi connectivity index (χ4v) is 2.86. The average molecular weight is 339 g/mol. The largest absolute Gasteiger partial charge is 0.345 e. The van der Waals surface area contributed by atoms with Crippen LogP contribution in [0.25, 0.3) is 0 Å². The molecule has 1 fully saturated rings. The first-order valence-electron chi connectivity index (χ1n) is 6.79. The topological polar surface area (TPSA) is 49.4 Å². The third-order valence-corrected chi connectivity index (χ3v) is 3.84. The molecule has 1 aliphatic heterocycles. The van der Waals surface area contributed by atoms with Gasteiger partial charge in [-0.1, -0.05) is 41.9 Å². The summed E-state index contributed by atoms with van der Waals surface area (Å²) in [6, 6.07) is 7.46. The fraction of sp³-hybridized carbons (Fsp3) is 0.467. The molecular weight excluding hydrogens is 320 g/mol.